The number of hydrogen-bond acceptors (Lipinski definition) is 3. The molecule has 0 aromatic heterocycles. The van der Waals surface area contributed by atoms with Gasteiger partial charge in [-0.3, -0.25) is 4.90 Å². The van der Waals surface area contributed by atoms with Gasteiger partial charge in [-0.1, -0.05) is 34.6 Å². The molecule has 0 aromatic carbocycles. The van der Waals surface area contributed by atoms with Crippen LogP contribution in [0.25, 0.3) is 0 Å². The van der Waals surface area contributed by atoms with Crippen molar-refractivity contribution in [3.8, 4) is 0 Å². The van der Waals surface area contributed by atoms with Gasteiger partial charge in [0.25, 0.3) is 0 Å². The molecule has 110 valence electrons. The summed E-state index contributed by atoms with van der Waals surface area (Å²) < 4.78 is 5.42. The van der Waals surface area contributed by atoms with Gasteiger partial charge in [0.05, 0.1) is 6.61 Å². The molecule has 18 heavy (non-hydrogen) atoms. The number of nitrogens with one attached hydrogen (secondary N) is 1. The number of rotatable bonds is 11. The topological polar surface area (TPSA) is 24.5 Å². The van der Waals surface area contributed by atoms with Crippen LogP contribution in [0, 0.1) is 5.92 Å². The fraction of sp³-hybridized carbons (Fsp3) is 1.00. The van der Waals surface area contributed by atoms with Gasteiger partial charge < -0.3 is 10.1 Å². The standard InChI is InChI=1S/C15H34N2O/c1-7-14(8-2)17(11-13(4)5)15(12-18-6)10-16-9-3/h13-16H,7-12H2,1-6H3. The average Bonchev–Trinajstić information content (AvgIpc) is 2.34. The molecule has 0 aliphatic heterocycles. The first kappa shape index (κ1) is 17.9. The molecule has 0 amide bonds. The van der Waals surface area contributed by atoms with Crippen molar-refractivity contribution in [3.63, 3.8) is 0 Å². The van der Waals surface area contributed by atoms with Crippen LogP contribution in [0.15, 0.2) is 0 Å². The largest absolute Gasteiger partial charge is 0.383 e. The van der Waals surface area contributed by atoms with Crippen molar-refractivity contribution < 1.29 is 4.74 Å². The van der Waals surface area contributed by atoms with Crippen LogP contribution in [0.5, 0.6) is 0 Å². The number of methoxy groups -OCH3 is 1. The predicted molar refractivity (Wildman–Crippen MR) is 80.1 cm³/mol. The fourth-order valence-corrected chi connectivity index (χ4v) is 2.55. The molecule has 0 radical (unpaired) electrons. The molecule has 0 aliphatic rings. The van der Waals surface area contributed by atoms with Crippen LogP contribution in [-0.4, -0.2) is 50.3 Å². The van der Waals surface area contributed by atoms with Gasteiger partial charge in [0.2, 0.25) is 0 Å². The second-order valence-electron chi connectivity index (χ2n) is 5.48. The number of ether oxygens (including phenoxy) is 1. The van der Waals surface area contributed by atoms with Gasteiger partial charge in [0, 0.05) is 32.3 Å². The number of likely N-dealkylation sites (N-methyl/N-ethyl adjacent to an activating group) is 1. The van der Waals surface area contributed by atoms with E-state index in [0.717, 1.165) is 26.2 Å². The van der Waals surface area contributed by atoms with Gasteiger partial charge in [-0.05, 0) is 25.3 Å². The van der Waals surface area contributed by atoms with Gasteiger partial charge in [0.15, 0.2) is 0 Å². The summed E-state index contributed by atoms with van der Waals surface area (Å²) in [5.74, 6) is 0.701. The van der Waals surface area contributed by atoms with Crippen molar-refractivity contribution in [3.05, 3.63) is 0 Å². The van der Waals surface area contributed by atoms with E-state index < -0.39 is 0 Å². The van der Waals surface area contributed by atoms with E-state index in [1.165, 1.54) is 12.8 Å². The maximum absolute atomic E-state index is 5.42. The second kappa shape index (κ2) is 10.8. The molecule has 1 unspecified atom stereocenters. The molecular weight excluding hydrogens is 224 g/mol. The molecule has 0 fully saturated rings. The molecule has 0 spiro atoms. The Hall–Kier alpha value is -0.120. The van der Waals surface area contributed by atoms with Crippen molar-refractivity contribution in [1.82, 2.24) is 10.2 Å². The van der Waals surface area contributed by atoms with Gasteiger partial charge in [0.1, 0.15) is 0 Å². The minimum Gasteiger partial charge on any atom is -0.383 e. The number of nitrogens with zero attached hydrogens (tertiary/aromatic N) is 1. The summed E-state index contributed by atoms with van der Waals surface area (Å²) in [5.41, 5.74) is 0. The third-order valence-corrected chi connectivity index (χ3v) is 3.45. The monoisotopic (exact) mass is 258 g/mol. The molecule has 0 heterocycles. The molecule has 3 nitrogen and oxygen atoms in total. The first-order valence-corrected chi connectivity index (χ1v) is 7.55. The zero-order valence-electron chi connectivity index (χ0n) is 13.3. The maximum Gasteiger partial charge on any atom is 0.0630 e. The lowest BCUT2D eigenvalue weighted by Gasteiger charge is -2.38. The molecule has 0 aliphatic carbocycles. The SMILES string of the molecule is CCNCC(COC)N(CC(C)C)C(CC)CC. The van der Waals surface area contributed by atoms with E-state index in [0.29, 0.717) is 18.0 Å². The van der Waals surface area contributed by atoms with Crippen molar-refractivity contribution >= 4 is 0 Å². The molecule has 0 saturated heterocycles. The summed E-state index contributed by atoms with van der Waals surface area (Å²) in [4.78, 5) is 2.65. The summed E-state index contributed by atoms with van der Waals surface area (Å²) in [6.45, 7) is 15.4. The second-order valence-corrected chi connectivity index (χ2v) is 5.48. The fourth-order valence-electron chi connectivity index (χ4n) is 2.55. The van der Waals surface area contributed by atoms with E-state index in [1.807, 2.05) is 0 Å². The van der Waals surface area contributed by atoms with Gasteiger partial charge in [-0.2, -0.15) is 0 Å². The summed E-state index contributed by atoms with van der Waals surface area (Å²) in [5, 5.41) is 3.47. The summed E-state index contributed by atoms with van der Waals surface area (Å²) in [7, 11) is 1.80. The molecule has 1 N–H and O–H groups in total. The molecule has 3 heteroatoms. The Kier molecular flexibility index (Phi) is 10.7. The maximum atomic E-state index is 5.42. The van der Waals surface area contributed by atoms with E-state index in [1.54, 1.807) is 7.11 Å². The lowest BCUT2D eigenvalue weighted by Crippen LogP contribution is -2.51. The summed E-state index contributed by atoms with van der Waals surface area (Å²) >= 11 is 0. The van der Waals surface area contributed by atoms with E-state index in [2.05, 4.69) is 44.8 Å². The van der Waals surface area contributed by atoms with Gasteiger partial charge in [-0.25, -0.2) is 0 Å². The van der Waals surface area contributed by atoms with Crippen molar-refractivity contribution in [2.45, 2.75) is 59.5 Å². The average molecular weight is 258 g/mol. The highest BCUT2D eigenvalue weighted by atomic mass is 16.5. The summed E-state index contributed by atoms with van der Waals surface area (Å²) in [6, 6.07) is 1.16. The van der Waals surface area contributed by atoms with Crippen LogP contribution in [0.2, 0.25) is 0 Å². The number of hydrogen-bond donors (Lipinski definition) is 1. The Bertz CT molecular complexity index is 181. The highest BCUT2D eigenvalue weighted by Gasteiger charge is 2.24. The molecule has 0 aromatic rings. The minimum absolute atomic E-state index is 0.488. The Morgan fingerprint density at radius 1 is 1.06 bits per heavy atom. The van der Waals surface area contributed by atoms with E-state index in [-0.39, 0.29) is 0 Å². The quantitative estimate of drug-likeness (QED) is 0.617. The lowest BCUT2D eigenvalue weighted by molar-refractivity contribution is 0.0484. The van der Waals surface area contributed by atoms with Crippen LogP contribution in [0.3, 0.4) is 0 Å². The van der Waals surface area contributed by atoms with E-state index in [9.17, 15) is 0 Å². The first-order chi connectivity index (χ1) is 8.60. The van der Waals surface area contributed by atoms with Crippen LogP contribution < -0.4 is 5.32 Å². The zero-order valence-corrected chi connectivity index (χ0v) is 13.3. The summed E-state index contributed by atoms with van der Waals surface area (Å²) in [6.07, 6.45) is 2.44. The lowest BCUT2D eigenvalue weighted by atomic mass is 10.0. The predicted octanol–water partition coefficient (Wildman–Crippen LogP) is 2.76. The third-order valence-electron chi connectivity index (χ3n) is 3.45. The normalized spacial score (nSPS) is 13.8. The molecular formula is C15H34N2O. The van der Waals surface area contributed by atoms with Crippen LogP contribution in [-0.2, 0) is 4.74 Å². The van der Waals surface area contributed by atoms with Crippen molar-refractivity contribution in [2.75, 3.05) is 33.4 Å². The molecule has 0 saturated carbocycles. The Balaban J connectivity index is 4.70. The third kappa shape index (κ3) is 6.72. The minimum atomic E-state index is 0.488. The first-order valence-electron chi connectivity index (χ1n) is 7.55. The van der Waals surface area contributed by atoms with E-state index >= 15 is 0 Å². The smallest absolute Gasteiger partial charge is 0.0630 e. The van der Waals surface area contributed by atoms with E-state index in [4.69, 9.17) is 4.74 Å². The Labute approximate surface area is 114 Å². The zero-order chi connectivity index (χ0) is 14.0. The van der Waals surface area contributed by atoms with Crippen LogP contribution in [0.1, 0.15) is 47.5 Å². The Morgan fingerprint density at radius 3 is 2.06 bits per heavy atom. The van der Waals surface area contributed by atoms with Gasteiger partial charge >= 0.3 is 0 Å². The molecule has 0 bridgehead atoms. The van der Waals surface area contributed by atoms with Crippen molar-refractivity contribution in [1.29, 1.82) is 0 Å². The highest BCUT2D eigenvalue weighted by molar-refractivity contribution is 4.80. The van der Waals surface area contributed by atoms with Crippen molar-refractivity contribution in [2.24, 2.45) is 5.92 Å². The highest BCUT2D eigenvalue weighted by Crippen LogP contribution is 2.15. The van der Waals surface area contributed by atoms with Crippen LogP contribution in [0.4, 0.5) is 0 Å². The molecule has 0 rings (SSSR count). The van der Waals surface area contributed by atoms with Gasteiger partial charge in [-0.15, -0.1) is 0 Å². The Morgan fingerprint density at radius 2 is 1.67 bits per heavy atom. The van der Waals surface area contributed by atoms with Crippen LogP contribution >= 0.6 is 0 Å². The molecule has 1 atom stereocenters.